The third-order valence-corrected chi connectivity index (χ3v) is 4.62. The van der Waals surface area contributed by atoms with Crippen LogP contribution in [-0.4, -0.2) is 29.6 Å². The maximum Gasteiger partial charge on any atom is 0.0312 e. The number of hydrogen-bond donors (Lipinski definition) is 1. The van der Waals surface area contributed by atoms with Crippen molar-refractivity contribution in [3.8, 4) is 0 Å². The second-order valence-electron chi connectivity index (χ2n) is 6.14. The van der Waals surface area contributed by atoms with Gasteiger partial charge in [-0.1, -0.05) is 0 Å². The van der Waals surface area contributed by atoms with E-state index in [4.69, 9.17) is 5.73 Å². The molecule has 0 radical (unpaired) electrons. The van der Waals surface area contributed by atoms with Crippen LogP contribution in [0.25, 0.3) is 0 Å². The minimum atomic E-state index is 0.282. The van der Waals surface area contributed by atoms with Crippen molar-refractivity contribution in [1.29, 1.82) is 0 Å². The summed E-state index contributed by atoms with van der Waals surface area (Å²) in [4.78, 5) is 2.47. The highest BCUT2D eigenvalue weighted by atomic mass is 15.1. The predicted molar refractivity (Wildman–Crippen MR) is 74.5 cm³/mol. The van der Waals surface area contributed by atoms with Gasteiger partial charge in [-0.25, -0.2) is 0 Å². The summed E-state index contributed by atoms with van der Waals surface area (Å²) in [6.45, 7) is 3.70. The van der Waals surface area contributed by atoms with Gasteiger partial charge in [0.2, 0.25) is 0 Å². The Hall–Kier alpha value is -0.800. The molecule has 1 aliphatic heterocycles. The summed E-state index contributed by atoms with van der Waals surface area (Å²) in [5, 5.41) is 0. The van der Waals surface area contributed by atoms with Gasteiger partial charge in [0.25, 0.3) is 0 Å². The number of nitrogens with two attached hydrogens (primary N) is 1. The van der Waals surface area contributed by atoms with Gasteiger partial charge in [0.05, 0.1) is 0 Å². The maximum absolute atomic E-state index is 6.19. The zero-order valence-corrected chi connectivity index (χ0v) is 11.4. The quantitative estimate of drug-likeness (QED) is 0.869. The Kier molecular flexibility index (Phi) is 3.44. The van der Waals surface area contributed by atoms with E-state index in [1.54, 1.807) is 0 Å². The van der Waals surface area contributed by atoms with Crippen LogP contribution in [0.3, 0.4) is 0 Å². The number of hydrogen-bond acceptors (Lipinski definition) is 2. The zero-order valence-electron chi connectivity index (χ0n) is 11.4. The van der Waals surface area contributed by atoms with E-state index in [0.717, 1.165) is 12.3 Å². The van der Waals surface area contributed by atoms with Crippen molar-refractivity contribution in [2.24, 2.45) is 11.7 Å². The molecule has 2 N–H and O–H groups in total. The first kappa shape index (κ1) is 12.2. The fourth-order valence-electron chi connectivity index (χ4n) is 3.66. The molecule has 2 heterocycles. The summed E-state index contributed by atoms with van der Waals surface area (Å²) in [6, 6.07) is 2.54. The van der Waals surface area contributed by atoms with Gasteiger partial charge < -0.3 is 15.2 Å². The minimum Gasteiger partial charge on any atom is -0.351 e. The number of piperidine rings is 1. The highest BCUT2D eigenvalue weighted by Gasteiger charge is 2.23. The van der Waals surface area contributed by atoms with Gasteiger partial charge in [0.1, 0.15) is 0 Å². The van der Waals surface area contributed by atoms with Crippen molar-refractivity contribution in [2.45, 2.75) is 44.7 Å². The molecule has 100 valence electrons. The number of likely N-dealkylation sites (tertiary alicyclic amines) is 1. The second-order valence-corrected chi connectivity index (χ2v) is 6.14. The van der Waals surface area contributed by atoms with Gasteiger partial charge in [-0.2, -0.15) is 0 Å². The molecule has 3 nitrogen and oxygen atoms in total. The van der Waals surface area contributed by atoms with Gasteiger partial charge in [-0.3, -0.25) is 0 Å². The first-order valence-corrected chi connectivity index (χ1v) is 7.36. The van der Waals surface area contributed by atoms with E-state index < -0.39 is 0 Å². The second kappa shape index (κ2) is 5.06. The summed E-state index contributed by atoms with van der Waals surface area (Å²) in [6.07, 6.45) is 8.63. The largest absolute Gasteiger partial charge is 0.351 e. The van der Waals surface area contributed by atoms with Crippen LogP contribution in [0, 0.1) is 5.92 Å². The van der Waals surface area contributed by atoms with E-state index in [0.29, 0.717) is 0 Å². The van der Waals surface area contributed by atoms with E-state index in [1.165, 1.54) is 56.6 Å². The van der Waals surface area contributed by atoms with Crippen LogP contribution < -0.4 is 5.73 Å². The molecular formula is C15H25N3. The monoisotopic (exact) mass is 247 g/mol. The van der Waals surface area contributed by atoms with Crippen molar-refractivity contribution in [2.75, 3.05) is 20.1 Å². The van der Waals surface area contributed by atoms with Crippen LogP contribution in [0.2, 0.25) is 0 Å². The number of aromatic nitrogens is 1. The zero-order chi connectivity index (χ0) is 12.5. The third kappa shape index (κ3) is 2.34. The lowest BCUT2D eigenvalue weighted by Crippen LogP contribution is -2.34. The van der Waals surface area contributed by atoms with Crippen LogP contribution in [0.15, 0.2) is 12.3 Å². The molecule has 18 heavy (non-hydrogen) atoms. The molecule has 2 unspecified atom stereocenters. The predicted octanol–water partition coefficient (Wildman–Crippen LogP) is 2.17. The average Bonchev–Trinajstić information content (AvgIpc) is 2.74. The van der Waals surface area contributed by atoms with Crippen molar-refractivity contribution in [3.05, 3.63) is 23.5 Å². The van der Waals surface area contributed by atoms with Crippen LogP contribution in [0.1, 0.15) is 43.0 Å². The Balaban J connectivity index is 1.73. The minimum absolute atomic E-state index is 0.282. The normalized spacial score (nSPS) is 29.2. The molecule has 0 spiro atoms. The van der Waals surface area contributed by atoms with Gasteiger partial charge >= 0.3 is 0 Å². The number of fused-ring (bicyclic) bond motifs is 1. The summed E-state index contributed by atoms with van der Waals surface area (Å²) < 4.78 is 2.48. The molecule has 0 saturated carbocycles. The fourth-order valence-corrected chi connectivity index (χ4v) is 3.66. The standard InChI is InChI=1S/C15H25N3/c1-17-8-3-4-12(10-17)11-18-9-7-13-14(16)5-2-6-15(13)18/h7,9,12,14H,2-6,8,10-11,16H2,1H3. The molecule has 2 aliphatic rings. The molecule has 0 bridgehead atoms. The summed E-state index contributed by atoms with van der Waals surface area (Å²) in [5.74, 6) is 0.818. The average molecular weight is 247 g/mol. The van der Waals surface area contributed by atoms with Crippen molar-refractivity contribution < 1.29 is 0 Å². The Morgan fingerprint density at radius 3 is 3.06 bits per heavy atom. The Morgan fingerprint density at radius 2 is 2.22 bits per heavy atom. The van der Waals surface area contributed by atoms with Crippen LogP contribution in [0.4, 0.5) is 0 Å². The molecule has 1 aliphatic carbocycles. The first-order valence-electron chi connectivity index (χ1n) is 7.36. The topological polar surface area (TPSA) is 34.2 Å². The van der Waals surface area contributed by atoms with Crippen LogP contribution >= 0.6 is 0 Å². The van der Waals surface area contributed by atoms with E-state index >= 15 is 0 Å². The van der Waals surface area contributed by atoms with E-state index in [9.17, 15) is 0 Å². The van der Waals surface area contributed by atoms with Gasteiger partial charge in [-0.05, 0) is 63.2 Å². The van der Waals surface area contributed by atoms with Crippen molar-refractivity contribution in [3.63, 3.8) is 0 Å². The van der Waals surface area contributed by atoms with Crippen molar-refractivity contribution in [1.82, 2.24) is 9.47 Å². The Labute approximate surface area is 110 Å². The maximum atomic E-state index is 6.19. The smallest absolute Gasteiger partial charge is 0.0312 e. The molecule has 3 rings (SSSR count). The third-order valence-electron chi connectivity index (χ3n) is 4.62. The molecule has 2 atom stereocenters. The van der Waals surface area contributed by atoms with Crippen molar-refractivity contribution >= 4 is 0 Å². The highest BCUT2D eigenvalue weighted by molar-refractivity contribution is 5.28. The fraction of sp³-hybridized carbons (Fsp3) is 0.733. The van der Waals surface area contributed by atoms with Gasteiger partial charge in [-0.15, -0.1) is 0 Å². The lowest BCUT2D eigenvalue weighted by Gasteiger charge is -2.31. The SMILES string of the molecule is CN1CCCC(Cn2ccc3c2CCCC3N)C1. The van der Waals surface area contributed by atoms with Gasteiger partial charge in [0.15, 0.2) is 0 Å². The molecule has 1 fully saturated rings. The Bertz CT molecular complexity index is 410. The molecule has 0 amide bonds. The number of rotatable bonds is 2. The lowest BCUT2D eigenvalue weighted by molar-refractivity contribution is 0.193. The molecule has 1 aromatic heterocycles. The van der Waals surface area contributed by atoms with E-state index in [1.807, 2.05) is 0 Å². The van der Waals surface area contributed by atoms with E-state index in [2.05, 4.69) is 28.8 Å². The summed E-state index contributed by atoms with van der Waals surface area (Å²) in [5.41, 5.74) is 9.12. The number of nitrogens with zero attached hydrogens (tertiary/aromatic N) is 2. The molecule has 1 saturated heterocycles. The Morgan fingerprint density at radius 1 is 1.33 bits per heavy atom. The molecular weight excluding hydrogens is 222 g/mol. The molecule has 0 aromatic carbocycles. The summed E-state index contributed by atoms with van der Waals surface area (Å²) in [7, 11) is 2.24. The molecule has 1 aromatic rings. The first-order chi connectivity index (χ1) is 8.74. The highest BCUT2D eigenvalue weighted by Crippen LogP contribution is 2.30. The van der Waals surface area contributed by atoms with Crippen LogP contribution in [0.5, 0.6) is 0 Å². The van der Waals surface area contributed by atoms with Crippen LogP contribution in [-0.2, 0) is 13.0 Å². The lowest BCUT2D eigenvalue weighted by atomic mass is 9.93. The summed E-state index contributed by atoms with van der Waals surface area (Å²) >= 11 is 0. The van der Waals surface area contributed by atoms with Gasteiger partial charge in [0, 0.05) is 31.0 Å². The molecule has 3 heteroatoms. The van der Waals surface area contributed by atoms with E-state index in [-0.39, 0.29) is 6.04 Å².